The number of hydrazone groups is 1. The molecule has 3 aliphatic rings. The molecule has 2 aromatic carbocycles. The van der Waals surface area contributed by atoms with Gasteiger partial charge in [-0.15, -0.1) is 0 Å². The summed E-state index contributed by atoms with van der Waals surface area (Å²) < 4.78 is 0. The van der Waals surface area contributed by atoms with E-state index < -0.39 is 0 Å². The Morgan fingerprint density at radius 2 is 1.90 bits per heavy atom. The van der Waals surface area contributed by atoms with Crippen LogP contribution in [0.5, 0.6) is 0 Å². The van der Waals surface area contributed by atoms with Crippen molar-refractivity contribution in [3.8, 4) is 0 Å². The first kappa shape index (κ1) is 10.2. The van der Waals surface area contributed by atoms with Crippen molar-refractivity contribution in [3.63, 3.8) is 0 Å². The molecule has 1 atom stereocenters. The number of amidine groups is 1. The van der Waals surface area contributed by atoms with Crippen molar-refractivity contribution in [1.82, 2.24) is 9.91 Å². The molecule has 0 N–H and O–H groups in total. The van der Waals surface area contributed by atoms with Crippen molar-refractivity contribution in [3.05, 3.63) is 65.2 Å². The predicted molar refractivity (Wildman–Crippen MR) is 77.7 cm³/mol. The Morgan fingerprint density at radius 1 is 1.00 bits per heavy atom. The molecule has 0 spiro atoms. The van der Waals surface area contributed by atoms with Gasteiger partial charge in [0.05, 0.1) is 12.2 Å². The number of hydrogen-bond donors (Lipinski definition) is 0. The highest BCUT2D eigenvalue weighted by Gasteiger charge is 2.43. The van der Waals surface area contributed by atoms with Crippen LogP contribution in [0.25, 0.3) is 0 Å². The minimum atomic E-state index is 0.189. The van der Waals surface area contributed by atoms with Crippen molar-refractivity contribution < 1.29 is 0 Å². The van der Waals surface area contributed by atoms with Gasteiger partial charge in [0, 0.05) is 11.1 Å². The smallest absolute Gasteiger partial charge is 0.153 e. The van der Waals surface area contributed by atoms with E-state index in [0.29, 0.717) is 0 Å². The molecule has 3 aliphatic heterocycles. The lowest BCUT2D eigenvalue weighted by atomic mass is 10.0. The van der Waals surface area contributed by atoms with Gasteiger partial charge in [-0.25, -0.2) is 4.99 Å². The summed E-state index contributed by atoms with van der Waals surface area (Å²) in [4.78, 5) is 7.05. The van der Waals surface area contributed by atoms with Gasteiger partial charge in [-0.05, 0) is 11.6 Å². The van der Waals surface area contributed by atoms with Crippen LogP contribution < -0.4 is 0 Å². The standard InChI is InChI=1S/C16H12N4/c1-2-5-11(6-3-1)15-18-13-8-4-7-12-9-20-16(14(12)13)19(15)10-17-20/h1-8,10,16H,9H2. The molecule has 0 radical (unpaired) electrons. The van der Waals surface area contributed by atoms with Crippen LogP contribution in [-0.4, -0.2) is 22.1 Å². The third-order valence-electron chi connectivity index (χ3n) is 4.14. The van der Waals surface area contributed by atoms with E-state index in [0.717, 1.165) is 23.6 Å². The number of hydrogen-bond acceptors (Lipinski definition) is 4. The summed E-state index contributed by atoms with van der Waals surface area (Å²) in [6.07, 6.45) is 2.09. The highest BCUT2D eigenvalue weighted by atomic mass is 15.6. The second-order valence-electron chi connectivity index (χ2n) is 5.26. The van der Waals surface area contributed by atoms with Crippen molar-refractivity contribution in [2.24, 2.45) is 10.1 Å². The molecule has 1 unspecified atom stereocenters. The minimum Gasteiger partial charge on any atom is -0.288 e. The van der Waals surface area contributed by atoms with Crippen LogP contribution in [0, 0.1) is 0 Å². The highest BCUT2D eigenvalue weighted by Crippen LogP contribution is 2.47. The molecule has 0 fully saturated rings. The van der Waals surface area contributed by atoms with Gasteiger partial charge >= 0.3 is 0 Å². The van der Waals surface area contributed by atoms with Gasteiger partial charge in [0.2, 0.25) is 0 Å². The van der Waals surface area contributed by atoms with Gasteiger partial charge in [-0.1, -0.05) is 42.5 Å². The molecule has 5 rings (SSSR count). The minimum absolute atomic E-state index is 0.189. The molecule has 2 aromatic rings. The SMILES string of the molecule is C1=NN2Cc3cccc4c3C2N1C(c1ccccc1)=N4. The Bertz CT molecular complexity index is 763. The van der Waals surface area contributed by atoms with Crippen LogP contribution >= 0.6 is 0 Å². The summed E-state index contributed by atoms with van der Waals surface area (Å²) in [6, 6.07) is 16.7. The Labute approximate surface area is 116 Å². The maximum Gasteiger partial charge on any atom is 0.153 e. The van der Waals surface area contributed by atoms with Crippen LogP contribution in [0.3, 0.4) is 0 Å². The average Bonchev–Trinajstić information content (AvgIpc) is 3.06. The molecule has 4 heteroatoms. The summed E-state index contributed by atoms with van der Waals surface area (Å²) in [5.74, 6) is 0.980. The molecule has 3 heterocycles. The Balaban J connectivity index is 1.77. The predicted octanol–water partition coefficient (Wildman–Crippen LogP) is 2.85. The Kier molecular flexibility index (Phi) is 1.77. The number of nitrogens with zero attached hydrogens (tertiary/aromatic N) is 4. The first-order valence-electron chi connectivity index (χ1n) is 6.77. The van der Waals surface area contributed by atoms with E-state index in [9.17, 15) is 0 Å². The molecule has 96 valence electrons. The fraction of sp³-hybridized carbons (Fsp3) is 0.125. The second kappa shape index (κ2) is 3.48. The monoisotopic (exact) mass is 260 g/mol. The molecule has 0 aliphatic carbocycles. The van der Waals surface area contributed by atoms with Crippen LogP contribution in [-0.2, 0) is 6.54 Å². The van der Waals surface area contributed by atoms with E-state index in [1.54, 1.807) is 0 Å². The maximum atomic E-state index is 4.87. The van der Waals surface area contributed by atoms with E-state index >= 15 is 0 Å². The first-order valence-corrected chi connectivity index (χ1v) is 6.77. The quantitative estimate of drug-likeness (QED) is 0.789. The van der Waals surface area contributed by atoms with Gasteiger partial charge in [-0.3, -0.25) is 9.91 Å². The van der Waals surface area contributed by atoms with Crippen LogP contribution in [0.4, 0.5) is 5.69 Å². The fourth-order valence-electron chi connectivity index (χ4n) is 3.26. The third kappa shape index (κ3) is 1.16. The van der Waals surface area contributed by atoms with E-state index in [1.165, 1.54) is 11.1 Å². The summed E-state index contributed by atoms with van der Waals surface area (Å²) in [7, 11) is 0. The largest absolute Gasteiger partial charge is 0.288 e. The van der Waals surface area contributed by atoms with Gasteiger partial charge < -0.3 is 0 Å². The summed E-state index contributed by atoms with van der Waals surface area (Å²) >= 11 is 0. The van der Waals surface area contributed by atoms with E-state index in [4.69, 9.17) is 4.99 Å². The van der Waals surface area contributed by atoms with Crippen molar-refractivity contribution in [1.29, 1.82) is 0 Å². The zero-order valence-electron chi connectivity index (χ0n) is 10.8. The second-order valence-corrected chi connectivity index (χ2v) is 5.26. The maximum absolute atomic E-state index is 4.87. The zero-order valence-corrected chi connectivity index (χ0v) is 10.8. The van der Waals surface area contributed by atoms with Crippen LogP contribution in [0.1, 0.15) is 22.9 Å². The lowest BCUT2D eigenvalue weighted by Gasteiger charge is -2.31. The van der Waals surface area contributed by atoms with E-state index in [-0.39, 0.29) is 6.17 Å². The topological polar surface area (TPSA) is 31.2 Å². The molecule has 0 saturated heterocycles. The van der Waals surface area contributed by atoms with Gasteiger partial charge in [0.25, 0.3) is 0 Å². The average molecular weight is 260 g/mol. The molecular formula is C16H12N4. The highest BCUT2D eigenvalue weighted by molar-refractivity contribution is 6.07. The van der Waals surface area contributed by atoms with Gasteiger partial charge in [0.1, 0.15) is 12.2 Å². The summed E-state index contributed by atoms with van der Waals surface area (Å²) in [6.45, 7) is 0.873. The molecule has 20 heavy (non-hydrogen) atoms. The van der Waals surface area contributed by atoms with Crippen LogP contribution in [0.15, 0.2) is 58.6 Å². The normalized spacial score (nSPS) is 21.2. The fourth-order valence-corrected chi connectivity index (χ4v) is 3.26. The molecule has 0 aromatic heterocycles. The Hall–Kier alpha value is -2.62. The number of rotatable bonds is 1. The first-order chi connectivity index (χ1) is 9.92. The van der Waals surface area contributed by atoms with Crippen molar-refractivity contribution in [2.45, 2.75) is 12.7 Å². The molecule has 0 saturated carbocycles. The Morgan fingerprint density at radius 3 is 2.80 bits per heavy atom. The molecule has 0 bridgehead atoms. The zero-order chi connectivity index (χ0) is 13.1. The van der Waals surface area contributed by atoms with Crippen molar-refractivity contribution in [2.75, 3.05) is 0 Å². The van der Waals surface area contributed by atoms with Gasteiger partial charge in [0.15, 0.2) is 6.17 Å². The lowest BCUT2D eigenvalue weighted by Crippen LogP contribution is -2.36. The molecule has 4 nitrogen and oxygen atoms in total. The lowest BCUT2D eigenvalue weighted by molar-refractivity contribution is 0.188. The summed E-state index contributed by atoms with van der Waals surface area (Å²) in [5, 5.41) is 6.66. The number of benzene rings is 2. The van der Waals surface area contributed by atoms with Crippen molar-refractivity contribution >= 4 is 17.9 Å². The van der Waals surface area contributed by atoms with Crippen LogP contribution in [0.2, 0.25) is 0 Å². The van der Waals surface area contributed by atoms with Gasteiger partial charge in [-0.2, -0.15) is 5.10 Å². The third-order valence-corrected chi connectivity index (χ3v) is 4.14. The van der Waals surface area contributed by atoms with E-state index in [1.807, 2.05) is 24.5 Å². The molecular weight excluding hydrogens is 248 g/mol. The molecule has 0 amide bonds. The van der Waals surface area contributed by atoms with E-state index in [2.05, 4.69) is 45.3 Å². The number of aliphatic imine (C=N–C) groups is 1. The summed E-state index contributed by atoms with van der Waals surface area (Å²) in [5.41, 5.74) is 4.86.